The number of benzene rings is 1. The molecule has 1 nitrogen and oxygen atoms in total. The van der Waals surface area contributed by atoms with E-state index in [-0.39, 0.29) is 0 Å². The number of allylic oxidation sites excluding steroid dienone is 5. The fraction of sp³-hybridized carbons (Fsp3) is 0.594. The second-order valence-electron chi connectivity index (χ2n) is 10.5. The summed E-state index contributed by atoms with van der Waals surface area (Å²) in [6.45, 7) is 6.89. The van der Waals surface area contributed by atoms with Crippen molar-refractivity contribution in [3.63, 3.8) is 0 Å². The van der Waals surface area contributed by atoms with Crippen LogP contribution in [0.5, 0.6) is 0 Å². The molecule has 178 valence electrons. The molecule has 2 aliphatic carbocycles. The third-order valence-electron chi connectivity index (χ3n) is 8.23. The van der Waals surface area contributed by atoms with Gasteiger partial charge in [0.2, 0.25) is 0 Å². The molecule has 1 aromatic rings. The summed E-state index contributed by atoms with van der Waals surface area (Å²) in [5.74, 6) is 2.88. The molecule has 0 N–H and O–H groups in total. The maximum absolute atomic E-state index is 8.58. The van der Waals surface area contributed by atoms with Gasteiger partial charge in [0.05, 0.1) is 6.07 Å². The Labute approximate surface area is 203 Å². The lowest BCUT2D eigenvalue weighted by Crippen LogP contribution is -2.22. The molecule has 0 bridgehead atoms. The Balaban J connectivity index is 1.38. The van der Waals surface area contributed by atoms with Gasteiger partial charge in [0.25, 0.3) is 0 Å². The van der Waals surface area contributed by atoms with Gasteiger partial charge in [-0.3, -0.25) is 0 Å². The minimum atomic E-state index is 0.674. The first-order chi connectivity index (χ1) is 16.2. The van der Waals surface area contributed by atoms with Gasteiger partial charge in [-0.15, -0.1) is 0 Å². The fourth-order valence-corrected chi connectivity index (χ4v) is 6.02. The van der Waals surface area contributed by atoms with Gasteiger partial charge in [0.1, 0.15) is 0 Å². The number of aryl methyl sites for hydroxylation is 1. The number of hydrogen-bond donors (Lipinski definition) is 0. The maximum atomic E-state index is 8.58. The van der Waals surface area contributed by atoms with Crippen LogP contribution >= 0.6 is 0 Å². The van der Waals surface area contributed by atoms with Crippen molar-refractivity contribution in [3.05, 3.63) is 71.8 Å². The molecule has 0 atom stereocenters. The molecule has 0 aromatic heterocycles. The molecule has 2 aliphatic rings. The van der Waals surface area contributed by atoms with Gasteiger partial charge in [-0.05, 0) is 99.0 Å². The van der Waals surface area contributed by atoms with Gasteiger partial charge >= 0.3 is 0 Å². The summed E-state index contributed by atoms with van der Waals surface area (Å²) in [7, 11) is 0. The van der Waals surface area contributed by atoms with Crippen LogP contribution in [0.1, 0.15) is 107 Å². The van der Waals surface area contributed by atoms with Crippen LogP contribution in [0.15, 0.2) is 60.7 Å². The van der Waals surface area contributed by atoms with Gasteiger partial charge in [0.15, 0.2) is 0 Å². The zero-order chi connectivity index (χ0) is 23.3. The summed E-state index contributed by atoms with van der Waals surface area (Å²) in [6.07, 6.45) is 26.2. The van der Waals surface area contributed by atoms with Gasteiger partial charge in [0, 0.05) is 6.08 Å². The van der Waals surface area contributed by atoms with Crippen molar-refractivity contribution in [2.45, 2.75) is 103 Å². The molecule has 3 rings (SSSR count). The van der Waals surface area contributed by atoms with Crippen molar-refractivity contribution in [2.75, 3.05) is 0 Å². The molecule has 1 aromatic carbocycles. The van der Waals surface area contributed by atoms with Crippen LogP contribution in [0.2, 0.25) is 0 Å². The van der Waals surface area contributed by atoms with Crippen LogP contribution < -0.4 is 0 Å². The molecule has 0 aliphatic heterocycles. The smallest absolute Gasteiger partial charge is 0.0912 e. The number of nitriles is 1. The van der Waals surface area contributed by atoms with Crippen molar-refractivity contribution >= 4 is 0 Å². The molecule has 0 heterocycles. The minimum absolute atomic E-state index is 0.674. The Morgan fingerprint density at radius 1 is 0.879 bits per heavy atom. The highest BCUT2D eigenvalue weighted by Gasteiger charge is 2.29. The molecule has 0 spiro atoms. The standard InChI is InChI=1S/C32H45N/c1-3-4-5-6-8-11-28-15-19-31(20-16-28)32-23-21-30(22-24-32)26(2)29-17-13-27(14-18-29)12-9-7-10-25-33/h7,9-10,12,15-16,19-20,27,29-30,32H,2-6,8,11,13-14,17-18,21-24H2,1H3. The average Bonchev–Trinajstić information content (AvgIpc) is 2.87. The van der Waals surface area contributed by atoms with E-state index in [1.807, 2.05) is 18.2 Å². The quantitative estimate of drug-likeness (QED) is 0.144. The molecule has 2 saturated carbocycles. The van der Waals surface area contributed by atoms with E-state index in [1.54, 1.807) is 17.2 Å². The summed E-state index contributed by atoms with van der Waals surface area (Å²) in [6, 6.07) is 11.7. The summed E-state index contributed by atoms with van der Waals surface area (Å²) >= 11 is 0. The second kappa shape index (κ2) is 14.2. The van der Waals surface area contributed by atoms with Crippen molar-refractivity contribution in [3.8, 4) is 6.07 Å². The van der Waals surface area contributed by atoms with E-state index in [2.05, 4.69) is 43.8 Å². The Hall–Kier alpha value is -2.07. The molecule has 2 fully saturated rings. The first kappa shape index (κ1) is 25.6. The van der Waals surface area contributed by atoms with Gasteiger partial charge in [-0.1, -0.05) is 87.3 Å². The first-order valence-electron chi connectivity index (χ1n) is 13.7. The SMILES string of the molecule is C=C(C1CCC(C=CC=CC#N)CC1)C1CCC(c2ccc(CCCCCCC)cc2)CC1. The fourth-order valence-electron chi connectivity index (χ4n) is 6.02. The summed E-state index contributed by atoms with van der Waals surface area (Å²) in [5.41, 5.74) is 4.63. The molecule has 1 heteroatoms. The van der Waals surface area contributed by atoms with E-state index in [0.717, 1.165) is 17.8 Å². The second-order valence-corrected chi connectivity index (χ2v) is 10.5. The number of rotatable bonds is 11. The molecule has 33 heavy (non-hydrogen) atoms. The molecule has 0 amide bonds. The summed E-state index contributed by atoms with van der Waals surface area (Å²) in [4.78, 5) is 0. The van der Waals surface area contributed by atoms with E-state index in [9.17, 15) is 0 Å². The van der Waals surface area contributed by atoms with Crippen LogP contribution in [0.3, 0.4) is 0 Å². The van der Waals surface area contributed by atoms with E-state index >= 15 is 0 Å². The Kier molecular flexibility index (Phi) is 11.0. The minimum Gasteiger partial charge on any atom is -0.193 e. The summed E-state index contributed by atoms with van der Waals surface area (Å²) < 4.78 is 0. The highest BCUT2D eigenvalue weighted by atomic mass is 14.3. The normalized spacial score (nSPS) is 25.9. The van der Waals surface area contributed by atoms with E-state index < -0.39 is 0 Å². The van der Waals surface area contributed by atoms with Crippen molar-refractivity contribution in [1.82, 2.24) is 0 Å². The Morgan fingerprint density at radius 3 is 2.15 bits per heavy atom. The van der Waals surface area contributed by atoms with Crippen molar-refractivity contribution < 1.29 is 0 Å². The zero-order valence-corrected chi connectivity index (χ0v) is 21.0. The lowest BCUT2D eigenvalue weighted by molar-refractivity contribution is 0.290. The molecule has 0 saturated heterocycles. The monoisotopic (exact) mass is 443 g/mol. The third-order valence-corrected chi connectivity index (χ3v) is 8.23. The van der Waals surface area contributed by atoms with Crippen LogP contribution in [0.25, 0.3) is 0 Å². The predicted octanol–water partition coefficient (Wildman–Crippen LogP) is 9.47. The van der Waals surface area contributed by atoms with E-state index in [4.69, 9.17) is 5.26 Å². The van der Waals surface area contributed by atoms with Crippen molar-refractivity contribution in [2.24, 2.45) is 17.8 Å². The topological polar surface area (TPSA) is 23.8 Å². The number of unbranched alkanes of at least 4 members (excludes halogenated alkanes) is 4. The van der Waals surface area contributed by atoms with Gasteiger partial charge in [-0.2, -0.15) is 5.26 Å². The highest BCUT2D eigenvalue weighted by Crippen LogP contribution is 2.43. The van der Waals surface area contributed by atoms with Gasteiger partial charge in [-0.25, -0.2) is 0 Å². The van der Waals surface area contributed by atoms with Crippen LogP contribution in [0.4, 0.5) is 0 Å². The zero-order valence-electron chi connectivity index (χ0n) is 21.0. The Bertz CT molecular complexity index is 790. The predicted molar refractivity (Wildman–Crippen MR) is 142 cm³/mol. The van der Waals surface area contributed by atoms with E-state index in [1.165, 1.54) is 95.5 Å². The first-order valence-corrected chi connectivity index (χ1v) is 13.7. The van der Waals surface area contributed by atoms with Crippen LogP contribution in [0, 0.1) is 29.1 Å². The highest BCUT2D eigenvalue weighted by molar-refractivity contribution is 5.26. The Morgan fingerprint density at radius 2 is 1.52 bits per heavy atom. The molecular formula is C32H45N. The van der Waals surface area contributed by atoms with Crippen molar-refractivity contribution in [1.29, 1.82) is 5.26 Å². The lowest BCUT2D eigenvalue weighted by Gasteiger charge is -2.36. The molecule has 0 radical (unpaired) electrons. The maximum Gasteiger partial charge on any atom is 0.0912 e. The summed E-state index contributed by atoms with van der Waals surface area (Å²) in [5, 5.41) is 8.58. The third kappa shape index (κ3) is 8.33. The molecule has 0 unspecified atom stereocenters. The molecular weight excluding hydrogens is 398 g/mol. The van der Waals surface area contributed by atoms with E-state index in [0.29, 0.717) is 5.92 Å². The number of hydrogen-bond acceptors (Lipinski definition) is 1. The van der Waals surface area contributed by atoms with Crippen LogP contribution in [-0.2, 0) is 6.42 Å². The lowest BCUT2D eigenvalue weighted by atomic mass is 9.70. The number of nitrogens with zero attached hydrogens (tertiary/aromatic N) is 1. The largest absolute Gasteiger partial charge is 0.193 e. The van der Waals surface area contributed by atoms with Crippen LogP contribution in [-0.4, -0.2) is 0 Å². The van der Waals surface area contributed by atoms with Gasteiger partial charge < -0.3 is 0 Å². The average molecular weight is 444 g/mol.